The summed E-state index contributed by atoms with van der Waals surface area (Å²) >= 11 is 13.1. The second-order valence-electron chi connectivity index (χ2n) is 7.41. The summed E-state index contributed by atoms with van der Waals surface area (Å²) in [5, 5.41) is 3.92. The van der Waals surface area contributed by atoms with Crippen molar-refractivity contribution in [3.63, 3.8) is 0 Å². The van der Waals surface area contributed by atoms with Crippen molar-refractivity contribution in [2.75, 3.05) is 26.7 Å². The lowest BCUT2D eigenvalue weighted by atomic mass is 10.0. The average molecular weight is 436 g/mol. The van der Waals surface area contributed by atoms with Crippen LogP contribution in [-0.4, -0.2) is 58.5 Å². The van der Waals surface area contributed by atoms with Crippen molar-refractivity contribution >= 4 is 29.2 Å². The largest absolute Gasteiger partial charge is 0.331 e. The minimum Gasteiger partial charge on any atom is -0.331 e. The SMILES string of the molecule is CCN(C(=O)N[C@@H](C)c1ccc(-c2cnccn2)c(Cl)c1Cl)C1CCN(C)CC1. The molecule has 29 heavy (non-hydrogen) atoms. The lowest BCUT2D eigenvalue weighted by molar-refractivity contribution is 0.133. The van der Waals surface area contributed by atoms with Crippen LogP contribution in [0, 0.1) is 0 Å². The minimum absolute atomic E-state index is 0.0697. The Hall–Kier alpha value is -1.89. The Bertz CT molecular complexity index is 840. The normalized spacial score (nSPS) is 16.4. The molecule has 0 bridgehead atoms. The third-order valence-electron chi connectivity index (χ3n) is 5.49. The Kier molecular flexibility index (Phi) is 7.33. The van der Waals surface area contributed by atoms with Gasteiger partial charge in [0.15, 0.2) is 0 Å². The summed E-state index contributed by atoms with van der Waals surface area (Å²) in [5.41, 5.74) is 2.15. The topological polar surface area (TPSA) is 61.4 Å². The van der Waals surface area contributed by atoms with Crippen molar-refractivity contribution in [3.8, 4) is 11.3 Å². The maximum atomic E-state index is 12.9. The zero-order valence-corrected chi connectivity index (χ0v) is 18.5. The van der Waals surface area contributed by atoms with Gasteiger partial charge in [0.05, 0.1) is 28.0 Å². The quantitative estimate of drug-likeness (QED) is 0.742. The number of nitrogens with zero attached hydrogens (tertiary/aromatic N) is 4. The molecule has 156 valence electrons. The van der Waals surface area contributed by atoms with Gasteiger partial charge in [0.1, 0.15) is 0 Å². The third-order valence-corrected chi connectivity index (χ3v) is 6.38. The third kappa shape index (κ3) is 5.00. The lowest BCUT2D eigenvalue weighted by Gasteiger charge is -2.37. The van der Waals surface area contributed by atoms with E-state index in [0.717, 1.165) is 31.5 Å². The van der Waals surface area contributed by atoms with Gasteiger partial charge >= 0.3 is 6.03 Å². The minimum atomic E-state index is -0.274. The zero-order valence-electron chi connectivity index (χ0n) is 17.0. The first-order chi connectivity index (χ1) is 13.9. The highest BCUT2D eigenvalue weighted by molar-refractivity contribution is 6.44. The monoisotopic (exact) mass is 435 g/mol. The van der Waals surface area contributed by atoms with Crippen LogP contribution in [0.4, 0.5) is 4.79 Å². The van der Waals surface area contributed by atoms with Crippen molar-refractivity contribution in [2.45, 2.75) is 38.8 Å². The number of benzene rings is 1. The first-order valence-corrected chi connectivity index (χ1v) is 10.7. The number of aromatic nitrogens is 2. The van der Waals surface area contributed by atoms with Gasteiger partial charge in [-0.25, -0.2) is 4.79 Å². The van der Waals surface area contributed by atoms with Crippen LogP contribution in [-0.2, 0) is 0 Å². The summed E-state index contributed by atoms with van der Waals surface area (Å²) in [7, 11) is 2.12. The number of likely N-dealkylation sites (tertiary alicyclic amines) is 1. The Morgan fingerprint density at radius 2 is 2.00 bits per heavy atom. The number of urea groups is 1. The molecule has 2 aromatic rings. The van der Waals surface area contributed by atoms with E-state index < -0.39 is 0 Å². The molecule has 1 fully saturated rings. The molecule has 1 aliphatic rings. The van der Waals surface area contributed by atoms with Crippen molar-refractivity contribution in [1.29, 1.82) is 0 Å². The Balaban J connectivity index is 1.73. The van der Waals surface area contributed by atoms with Gasteiger partial charge in [-0.15, -0.1) is 0 Å². The number of rotatable bonds is 5. The van der Waals surface area contributed by atoms with Gasteiger partial charge < -0.3 is 15.1 Å². The number of carbonyl (C=O) groups excluding carboxylic acids is 1. The summed E-state index contributed by atoms with van der Waals surface area (Å²) in [6.07, 6.45) is 6.84. The summed E-state index contributed by atoms with van der Waals surface area (Å²) in [5.74, 6) is 0. The van der Waals surface area contributed by atoms with Gasteiger partial charge in [0.2, 0.25) is 0 Å². The maximum absolute atomic E-state index is 12.9. The van der Waals surface area contributed by atoms with Crippen LogP contribution in [0.25, 0.3) is 11.3 Å². The predicted molar refractivity (Wildman–Crippen MR) is 117 cm³/mol. The number of hydrogen-bond donors (Lipinski definition) is 1. The molecular weight excluding hydrogens is 409 g/mol. The van der Waals surface area contributed by atoms with Crippen molar-refractivity contribution < 1.29 is 4.79 Å². The van der Waals surface area contributed by atoms with Gasteiger partial charge in [-0.3, -0.25) is 9.97 Å². The average Bonchev–Trinajstić information content (AvgIpc) is 2.72. The van der Waals surface area contributed by atoms with Gasteiger partial charge in [-0.1, -0.05) is 35.3 Å². The number of nitrogens with one attached hydrogen (secondary N) is 1. The molecule has 3 rings (SSSR count). The molecule has 1 aromatic carbocycles. The molecule has 1 N–H and O–H groups in total. The van der Waals surface area contributed by atoms with Crippen LogP contribution < -0.4 is 5.32 Å². The molecule has 1 aromatic heterocycles. The molecule has 0 spiro atoms. The van der Waals surface area contributed by atoms with Crippen LogP contribution in [0.5, 0.6) is 0 Å². The van der Waals surface area contributed by atoms with E-state index in [2.05, 4.69) is 27.2 Å². The fourth-order valence-corrected chi connectivity index (χ4v) is 4.35. The van der Waals surface area contributed by atoms with Gasteiger partial charge in [-0.05, 0) is 52.4 Å². The molecule has 1 aliphatic heterocycles. The summed E-state index contributed by atoms with van der Waals surface area (Å²) in [4.78, 5) is 25.5. The molecule has 1 saturated heterocycles. The highest BCUT2D eigenvalue weighted by Gasteiger charge is 2.27. The summed E-state index contributed by atoms with van der Waals surface area (Å²) in [6, 6.07) is 3.67. The molecule has 2 amide bonds. The lowest BCUT2D eigenvalue weighted by Crippen LogP contribution is -2.50. The van der Waals surface area contributed by atoms with Crippen molar-refractivity contribution in [2.24, 2.45) is 0 Å². The summed E-state index contributed by atoms with van der Waals surface area (Å²) in [6.45, 7) is 6.62. The van der Waals surface area contributed by atoms with E-state index in [4.69, 9.17) is 23.2 Å². The van der Waals surface area contributed by atoms with E-state index in [0.29, 0.717) is 27.8 Å². The standard InChI is InChI=1S/C21H27Cl2N5O/c1-4-28(15-7-11-27(3)12-8-15)21(29)26-14(2)16-5-6-17(20(23)19(16)22)18-13-24-9-10-25-18/h5-6,9-10,13-15H,4,7-8,11-12H2,1-3H3,(H,26,29)/t14-/m0/s1. The highest BCUT2D eigenvalue weighted by Crippen LogP contribution is 2.37. The van der Waals surface area contributed by atoms with E-state index in [1.54, 1.807) is 18.6 Å². The number of carbonyl (C=O) groups is 1. The second-order valence-corrected chi connectivity index (χ2v) is 8.17. The zero-order chi connectivity index (χ0) is 21.0. The smallest absolute Gasteiger partial charge is 0.318 e. The molecule has 0 aliphatic carbocycles. The molecule has 0 radical (unpaired) electrons. The number of amides is 2. The van der Waals surface area contributed by atoms with Crippen molar-refractivity contribution in [1.82, 2.24) is 25.1 Å². The first kappa shape index (κ1) is 21.8. The Labute approximate surface area is 182 Å². The van der Waals surface area contributed by atoms with E-state index in [1.807, 2.05) is 30.9 Å². The molecular formula is C21H27Cl2N5O. The van der Waals surface area contributed by atoms with E-state index >= 15 is 0 Å². The molecule has 8 heteroatoms. The van der Waals surface area contributed by atoms with Gasteiger partial charge in [-0.2, -0.15) is 0 Å². The molecule has 0 saturated carbocycles. The molecule has 2 heterocycles. The van der Waals surface area contributed by atoms with E-state index in [9.17, 15) is 4.79 Å². The predicted octanol–water partition coefficient (Wildman–Crippen LogP) is 4.64. The fourth-order valence-electron chi connectivity index (χ4n) is 3.75. The Morgan fingerprint density at radius 1 is 1.28 bits per heavy atom. The Morgan fingerprint density at radius 3 is 2.62 bits per heavy atom. The van der Waals surface area contributed by atoms with Gasteiger partial charge in [0.25, 0.3) is 0 Å². The van der Waals surface area contributed by atoms with Crippen LogP contribution in [0.15, 0.2) is 30.7 Å². The maximum Gasteiger partial charge on any atom is 0.318 e. The van der Waals surface area contributed by atoms with Crippen LogP contribution in [0.3, 0.4) is 0 Å². The number of hydrogen-bond acceptors (Lipinski definition) is 4. The second kappa shape index (κ2) is 9.74. The molecule has 1 atom stereocenters. The fraction of sp³-hybridized carbons (Fsp3) is 0.476. The van der Waals surface area contributed by atoms with Crippen molar-refractivity contribution in [3.05, 3.63) is 46.3 Å². The molecule has 6 nitrogen and oxygen atoms in total. The number of halogens is 2. The van der Waals surface area contributed by atoms with E-state index in [-0.39, 0.29) is 18.1 Å². The van der Waals surface area contributed by atoms with Crippen LogP contribution in [0.2, 0.25) is 10.0 Å². The van der Waals surface area contributed by atoms with Gasteiger partial charge in [0, 0.05) is 30.5 Å². The van der Waals surface area contributed by atoms with E-state index in [1.165, 1.54) is 0 Å². The number of piperidine rings is 1. The molecule has 0 unspecified atom stereocenters. The highest BCUT2D eigenvalue weighted by atomic mass is 35.5. The van der Waals surface area contributed by atoms with Crippen LogP contribution >= 0.6 is 23.2 Å². The summed E-state index contributed by atoms with van der Waals surface area (Å²) < 4.78 is 0. The van der Waals surface area contributed by atoms with Crippen LogP contribution in [0.1, 0.15) is 38.3 Å². The first-order valence-electron chi connectivity index (χ1n) is 9.92.